The van der Waals surface area contributed by atoms with Crippen molar-refractivity contribution in [3.8, 4) is 16.8 Å². The molecule has 1 aliphatic rings. The molecule has 0 saturated heterocycles. The van der Waals surface area contributed by atoms with E-state index in [0.29, 0.717) is 0 Å². The minimum absolute atomic E-state index is 0.197. The van der Waals surface area contributed by atoms with E-state index in [1.165, 1.54) is 66.2 Å². The molecule has 0 unspecified atom stereocenters. The molecule has 1 heterocycles. The third-order valence-corrected chi connectivity index (χ3v) is 9.75. The molecule has 1 aliphatic carbocycles. The van der Waals surface area contributed by atoms with Gasteiger partial charge in [-0.15, -0.1) is 0 Å². The Labute approximate surface area is 263 Å². The summed E-state index contributed by atoms with van der Waals surface area (Å²) in [4.78, 5) is 2.36. The van der Waals surface area contributed by atoms with E-state index >= 15 is 0 Å². The first kappa shape index (κ1) is 25.9. The summed E-state index contributed by atoms with van der Waals surface area (Å²) in [6.45, 7) is 4.78. The first-order valence-electron chi connectivity index (χ1n) is 15.7. The predicted molar refractivity (Wildman–Crippen MR) is 191 cm³/mol. The maximum Gasteiger partial charge on any atom is 0.0544 e. The van der Waals surface area contributed by atoms with Crippen LogP contribution in [0.3, 0.4) is 0 Å². The lowest BCUT2D eigenvalue weighted by atomic mass is 9.81. The summed E-state index contributed by atoms with van der Waals surface area (Å²) in [6.07, 6.45) is 0. The standard InChI is InChI=1S/C43H32N2/c1-43(2)37-27-31(44(29-15-5-3-6-16-29)30-17-7-4-8-18-30)25-26-36(37)42-35-22-10-9-21-34(35)41(28-38(42)43)45-39-23-13-11-19-32(39)33-20-12-14-24-40(33)45/h3-28H,1-2H3. The molecular formula is C43H32N2. The number of para-hydroxylation sites is 4. The summed E-state index contributed by atoms with van der Waals surface area (Å²) in [6, 6.07) is 57.4. The van der Waals surface area contributed by atoms with E-state index in [4.69, 9.17) is 0 Å². The Morgan fingerprint density at radius 3 is 1.56 bits per heavy atom. The van der Waals surface area contributed by atoms with E-state index in [9.17, 15) is 0 Å². The lowest BCUT2D eigenvalue weighted by molar-refractivity contribution is 0.660. The Morgan fingerprint density at radius 2 is 0.956 bits per heavy atom. The van der Waals surface area contributed by atoms with Crippen LogP contribution in [0.2, 0.25) is 0 Å². The molecule has 0 fully saturated rings. The van der Waals surface area contributed by atoms with E-state index < -0.39 is 0 Å². The van der Waals surface area contributed by atoms with E-state index in [0.717, 1.165) is 11.4 Å². The van der Waals surface area contributed by atoms with Crippen LogP contribution in [0.25, 0.3) is 49.4 Å². The number of nitrogens with zero attached hydrogens (tertiary/aromatic N) is 2. The Morgan fingerprint density at radius 1 is 0.444 bits per heavy atom. The van der Waals surface area contributed by atoms with E-state index in [2.05, 4.69) is 181 Å². The monoisotopic (exact) mass is 576 g/mol. The maximum absolute atomic E-state index is 2.48. The maximum atomic E-state index is 2.48. The second kappa shape index (κ2) is 9.70. The lowest BCUT2D eigenvalue weighted by Gasteiger charge is -2.28. The fraction of sp³-hybridized carbons (Fsp3) is 0.0698. The minimum atomic E-state index is -0.197. The quantitative estimate of drug-likeness (QED) is 0.202. The summed E-state index contributed by atoms with van der Waals surface area (Å²) in [5.74, 6) is 0. The fourth-order valence-corrected chi connectivity index (χ4v) is 7.66. The summed E-state index contributed by atoms with van der Waals surface area (Å²) < 4.78 is 2.48. The Balaban J connectivity index is 1.30. The van der Waals surface area contributed by atoms with Crippen LogP contribution in [0.15, 0.2) is 158 Å². The van der Waals surface area contributed by atoms with Crippen molar-refractivity contribution in [2.75, 3.05) is 4.90 Å². The Bertz CT molecular complexity index is 2300. The Hall–Kier alpha value is -5.60. The van der Waals surface area contributed by atoms with Gasteiger partial charge in [-0.3, -0.25) is 0 Å². The molecule has 0 bridgehead atoms. The molecule has 2 heteroatoms. The molecule has 0 amide bonds. The van der Waals surface area contributed by atoms with E-state index in [1.807, 2.05) is 0 Å². The van der Waals surface area contributed by atoms with Crippen molar-refractivity contribution in [1.29, 1.82) is 0 Å². The van der Waals surface area contributed by atoms with Crippen LogP contribution < -0.4 is 4.90 Å². The van der Waals surface area contributed by atoms with Gasteiger partial charge in [-0.25, -0.2) is 0 Å². The number of hydrogen-bond donors (Lipinski definition) is 0. The van der Waals surface area contributed by atoms with Gasteiger partial charge in [0.2, 0.25) is 0 Å². The molecule has 0 spiro atoms. The molecule has 1 aromatic heterocycles. The highest BCUT2D eigenvalue weighted by Crippen LogP contribution is 2.54. The second-order valence-electron chi connectivity index (χ2n) is 12.6. The number of rotatable bonds is 4. The SMILES string of the molecule is CC1(C)c2cc(N(c3ccccc3)c3ccccc3)ccc2-c2c1cc(-n1c3ccccc3c3ccccc31)c1ccccc21. The van der Waals surface area contributed by atoms with Gasteiger partial charge in [-0.1, -0.05) is 117 Å². The van der Waals surface area contributed by atoms with Gasteiger partial charge in [0.15, 0.2) is 0 Å². The van der Waals surface area contributed by atoms with Crippen molar-refractivity contribution in [1.82, 2.24) is 4.57 Å². The first-order valence-corrected chi connectivity index (χ1v) is 15.7. The van der Waals surface area contributed by atoms with Gasteiger partial charge >= 0.3 is 0 Å². The van der Waals surface area contributed by atoms with Crippen LogP contribution in [-0.2, 0) is 5.41 Å². The summed E-state index contributed by atoms with van der Waals surface area (Å²) in [7, 11) is 0. The molecule has 7 aromatic carbocycles. The van der Waals surface area contributed by atoms with Gasteiger partial charge in [0, 0.05) is 38.6 Å². The number of hydrogen-bond acceptors (Lipinski definition) is 1. The minimum Gasteiger partial charge on any atom is -0.310 e. The van der Waals surface area contributed by atoms with Gasteiger partial charge in [-0.2, -0.15) is 0 Å². The van der Waals surface area contributed by atoms with Gasteiger partial charge in [0.05, 0.1) is 16.7 Å². The number of benzene rings is 7. The van der Waals surface area contributed by atoms with E-state index in [1.54, 1.807) is 0 Å². The number of anilines is 3. The van der Waals surface area contributed by atoms with Crippen molar-refractivity contribution >= 4 is 49.6 Å². The van der Waals surface area contributed by atoms with E-state index in [-0.39, 0.29) is 5.41 Å². The summed E-state index contributed by atoms with van der Waals surface area (Å²) in [5.41, 5.74) is 12.4. The highest BCUT2D eigenvalue weighted by Gasteiger charge is 2.38. The first-order chi connectivity index (χ1) is 22.1. The van der Waals surface area contributed by atoms with Gasteiger partial charge in [0.25, 0.3) is 0 Å². The van der Waals surface area contributed by atoms with Crippen molar-refractivity contribution in [3.63, 3.8) is 0 Å². The molecule has 9 rings (SSSR count). The van der Waals surface area contributed by atoms with Crippen molar-refractivity contribution in [3.05, 3.63) is 169 Å². The third kappa shape index (κ3) is 3.76. The molecule has 214 valence electrons. The van der Waals surface area contributed by atoms with Gasteiger partial charge in [0.1, 0.15) is 0 Å². The van der Waals surface area contributed by atoms with Crippen molar-refractivity contribution in [2.24, 2.45) is 0 Å². The lowest BCUT2D eigenvalue weighted by Crippen LogP contribution is -2.17. The predicted octanol–water partition coefficient (Wildman–Crippen LogP) is 11.7. The van der Waals surface area contributed by atoms with Crippen LogP contribution in [0.4, 0.5) is 17.1 Å². The van der Waals surface area contributed by atoms with Crippen LogP contribution >= 0.6 is 0 Å². The smallest absolute Gasteiger partial charge is 0.0544 e. The van der Waals surface area contributed by atoms with Crippen molar-refractivity contribution in [2.45, 2.75) is 19.3 Å². The highest BCUT2D eigenvalue weighted by atomic mass is 15.1. The summed E-state index contributed by atoms with van der Waals surface area (Å²) in [5, 5.41) is 5.14. The number of aromatic nitrogens is 1. The summed E-state index contributed by atoms with van der Waals surface area (Å²) >= 11 is 0. The molecule has 0 N–H and O–H groups in total. The molecule has 0 radical (unpaired) electrons. The largest absolute Gasteiger partial charge is 0.310 e. The molecule has 0 aliphatic heterocycles. The zero-order valence-corrected chi connectivity index (χ0v) is 25.4. The number of fused-ring (bicyclic) bond motifs is 8. The van der Waals surface area contributed by atoms with Gasteiger partial charge in [-0.05, 0) is 82.2 Å². The zero-order chi connectivity index (χ0) is 30.1. The average Bonchev–Trinajstić information content (AvgIpc) is 3.54. The molecule has 0 saturated carbocycles. The van der Waals surface area contributed by atoms with Crippen LogP contribution in [0, 0.1) is 0 Å². The average molecular weight is 577 g/mol. The molecule has 2 nitrogen and oxygen atoms in total. The molecule has 45 heavy (non-hydrogen) atoms. The van der Waals surface area contributed by atoms with Crippen LogP contribution in [0.1, 0.15) is 25.0 Å². The zero-order valence-electron chi connectivity index (χ0n) is 25.4. The van der Waals surface area contributed by atoms with Gasteiger partial charge < -0.3 is 9.47 Å². The normalized spacial score (nSPS) is 13.3. The van der Waals surface area contributed by atoms with Crippen LogP contribution in [-0.4, -0.2) is 4.57 Å². The molecule has 0 atom stereocenters. The highest BCUT2D eigenvalue weighted by molar-refractivity contribution is 6.12. The second-order valence-corrected chi connectivity index (χ2v) is 12.6. The third-order valence-electron chi connectivity index (χ3n) is 9.75. The molecular weight excluding hydrogens is 544 g/mol. The Kier molecular flexibility index (Phi) is 5.58. The molecule has 8 aromatic rings. The topological polar surface area (TPSA) is 8.17 Å². The van der Waals surface area contributed by atoms with Crippen molar-refractivity contribution < 1.29 is 0 Å². The van der Waals surface area contributed by atoms with Crippen LogP contribution in [0.5, 0.6) is 0 Å². The fourth-order valence-electron chi connectivity index (χ4n) is 7.66.